The molecule has 100 valence electrons. The van der Waals surface area contributed by atoms with Crippen LogP contribution in [0.3, 0.4) is 0 Å². The third kappa shape index (κ3) is 4.75. The van der Waals surface area contributed by atoms with Crippen LogP contribution < -0.4 is 5.73 Å². The molecule has 4 nitrogen and oxygen atoms in total. The second-order valence-electron chi connectivity index (χ2n) is 5.36. The van der Waals surface area contributed by atoms with Crippen molar-refractivity contribution >= 4 is 6.09 Å². The molecular weight excluding hydrogens is 228 g/mol. The Morgan fingerprint density at radius 2 is 1.72 bits per heavy atom. The quantitative estimate of drug-likeness (QED) is 0.896. The van der Waals surface area contributed by atoms with Gasteiger partial charge in [-0.15, -0.1) is 0 Å². The van der Waals surface area contributed by atoms with E-state index in [1.807, 2.05) is 45.0 Å². The summed E-state index contributed by atoms with van der Waals surface area (Å²) in [5.74, 6) is 0. The molecule has 0 heterocycles. The summed E-state index contributed by atoms with van der Waals surface area (Å²) < 4.78 is 5.28. The highest BCUT2D eigenvalue weighted by atomic mass is 16.6. The van der Waals surface area contributed by atoms with Crippen LogP contribution in [0.4, 0.5) is 4.79 Å². The number of ether oxygens (including phenoxy) is 1. The predicted molar refractivity (Wildman–Crippen MR) is 72.0 cm³/mol. The smallest absolute Gasteiger partial charge is 0.410 e. The van der Waals surface area contributed by atoms with Crippen molar-refractivity contribution in [2.24, 2.45) is 5.73 Å². The van der Waals surface area contributed by atoms with Crippen LogP contribution in [0.5, 0.6) is 0 Å². The Morgan fingerprint density at radius 3 is 2.17 bits per heavy atom. The van der Waals surface area contributed by atoms with E-state index in [1.165, 1.54) is 0 Å². The van der Waals surface area contributed by atoms with E-state index in [2.05, 4.69) is 0 Å². The van der Waals surface area contributed by atoms with Crippen molar-refractivity contribution in [1.82, 2.24) is 4.90 Å². The van der Waals surface area contributed by atoms with E-state index in [1.54, 1.807) is 11.9 Å². The molecule has 1 rings (SSSR count). The Balaban J connectivity index is 2.58. The molecule has 1 amide bonds. The molecule has 0 saturated carbocycles. The molecule has 1 aromatic rings. The van der Waals surface area contributed by atoms with Gasteiger partial charge in [-0.1, -0.05) is 24.3 Å². The van der Waals surface area contributed by atoms with E-state index in [0.29, 0.717) is 13.1 Å². The molecule has 0 aliphatic heterocycles. The monoisotopic (exact) mass is 250 g/mol. The zero-order valence-electron chi connectivity index (χ0n) is 11.6. The number of carbonyl (C=O) groups excluding carboxylic acids is 1. The van der Waals surface area contributed by atoms with Crippen molar-refractivity contribution in [1.29, 1.82) is 0 Å². The van der Waals surface area contributed by atoms with Gasteiger partial charge in [-0.05, 0) is 31.9 Å². The van der Waals surface area contributed by atoms with Gasteiger partial charge in [0.25, 0.3) is 0 Å². The summed E-state index contributed by atoms with van der Waals surface area (Å²) in [6.45, 7) is 6.63. The van der Waals surface area contributed by atoms with Gasteiger partial charge in [-0.2, -0.15) is 0 Å². The molecule has 0 radical (unpaired) electrons. The summed E-state index contributed by atoms with van der Waals surface area (Å²) >= 11 is 0. The van der Waals surface area contributed by atoms with Crippen LogP contribution in [0.2, 0.25) is 0 Å². The van der Waals surface area contributed by atoms with E-state index in [-0.39, 0.29) is 6.09 Å². The number of nitrogens with zero attached hydrogens (tertiary/aromatic N) is 1. The number of amides is 1. The lowest BCUT2D eigenvalue weighted by molar-refractivity contribution is 0.0285. The first kappa shape index (κ1) is 14.5. The average Bonchev–Trinajstić information content (AvgIpc) is 2.27. The Labute approximate surface area is 109 Å². The SMILES string of the molecule is CN(Cc1ccc(CN)cc1)C(=O)OC(C)(C)C. The van der Waals surface area contributed by atoms with Crippen LogP contribution >= 0.6 is 0 Å². The maximum absolute atomic E-state index is 11.8. The van der Waals surface area contributed by atoms with Gasteiger partial charge in [0.15, 0.2) is 0 Å². The van der Waals surface area contributed by atoms with Gasteiger partial charge in [-0.25, -0.2) is 4.79 Å². The Kier molecular flexibility index (Phi) is 4.73. The zero-order chi connectivity index (χ0) is 13.8. The zero-order valence-corrected chi connectivity index (χ0v) is 11.6. The molecule has 0 aromatic heterocycles. The van der Waals surface area contributed by atoms with Gasteiger partial charge in [0, 0.05) is 20.1 Å². The summed E-state index contributed by atoms with van der Waals surface area (Å²) in [6, 6.07) is 7.89. The fourth-order valence-corrected chi connectivity index (χ4v) is 1.46. The van der Waals surface area contributed by atoms with Crippen molar-refractivity contribution in [2.75, 3.05) is 7.05 Å². The lowest BCUT2D eigenvalue weighted by Crippen LogP contribution is -2.33. The number of rotatable bonds is 3. The van der Waals surface area contributed by atoms with Gasteiger partial charge in [0.05, 0.1) is 0 Å². The minimum atomic E-state index is -0.464. The third-order valence-corrected chi connectivity index (χ3v) is 2.38. The number of carbonyl (C=O) groups is 1. The van der Waals surface area contributed by atoms with Crippen LogP contribution in [-0.2, 0) is 17.8 Å². The fourth-order valence-electron chi connectivity index (χ4n) is 1.46. The van der Waals surface area contributed by atoms with Crippen molar-refractivity contribution in [2.45, 2.75) is 39.5 Å². The van der Waals surface area contributed by atoms with E-state index in [4.69, 9.17) is 10.5 Å². The third-order valence-electron chi connectivity index (χ3n) is 2.38. The largest absolute Gasteiger partial charge is 0.444 e. The normalized spacial score (nSPS) is 11.2. The van der Waals surface area contributed by atoms with Crippen molar-refractivity contribution in [3.05, 3.63) is 35.4 Å². The first-order chi connectivity index (χ1) is 8.31. The molecule has 0 bridgehead atoms. The van der Waals surface area contributed by atoms with E-state index in [9.17, 15) is 4.79 Å². The lowest BCUT2D eigenvalue weighted by Gasteiger charge is -2.24. The molecule has 0 atom stereocenters. The Bertz CT molecular complexity index is 393. The van der Waals surface area contributed by atoms with Crippen LogP contribution in [0, 0.1) is 0 Å². The van der Waals surface area contributed by atoms with Crippen LogP contribution in [0.15, 0.2) is 24.3 Å². The highest BCUT2D eigenvalue weighted by Gasteiger charge is 2.19. The molecule has 0 saturated heterocycles. The van der Waals surface area contributed by atoms with Crippen LogP contribution in [0.1, 0.15) is 31.9 Å². The minimum absolute atomic E-state index is 0.314. The Morgan fingerprint density at radius 1 is 1.22 bits per heavy atom. The standard InChI is InChI=1S/C14H22N2O2/c1-14(2,3)18-13(17)16(4)10-12-7-5-11(9-15)6-8-12/h5-8H,9-10,15H2,1-4H3. The summed E-state index contributed by atoms with van der Waals surface area (Å²) in [7, 11) is 1.73. The molecule has 1 aromatic carbocycles. The van der Waals surface area contributed by atoms with Crippen LogP contribution in [0.25, 0.3) is 0 Å². The van der Waals surface area contributed by atoms with E-state index >= 15 is 0 Å². The van der Waals surface area contributed by atoms with E-state index < -0.39 is 5.60 Å². The molecule has 0 unspecified atom stereocenters. The highest BCUT2D eigenvalue weighted by Crippen LogP contribution is 2.12. The fraction of sp³-hybridized carbons (Fsp3) is 0.500. The predicted octanol–water partition coefficient (Wildman–Crippen LogP) is 2.51. The van der Waals surface area contributed by atoms with Crippen molar-refractivity contribution in [3.63, 3.8) is 0 Å². The summed E-state index contributed by atoms with van der Waals surface area (Å²) in [6.07, 6.45) is -0.314. The topological polar surface area (TPSA) is 55.6 Å². The molecule has 0 spiro atoms. The molecule has 0 aliphatic carbocycles. The number of hydrogen-bond donors (Lipinski definition) is 1. The molecule has 2 N–H and O–H groups in total. The molecule has 0 fully saturated rings. The summed E-state index contributed by atoms with van der Waals surface area (Å²) in [5, 5.41) is 0. The highest BCUT2D eigenvalue weighted by molar-refractivity contribution is 5.67. The second kappa shape index (κ2) is 5.87. The van der Waals surface area contributed by atoms with Gasteiger partial charge in [0.1, 0.15) is 5.60 Å². The second-order valence-corrected chi connectivity index (χ2v) is 5.36. The molecular formula is C14H22N2O2. The first-order valence-corrected chi connectivity index (χ1v) is 6.04. The number of nitrogens with two attached hydrogens (primary N) is 1. The summed E-state index contributed by atoms with van der Waals surface area (Å²) in [5.41, 5.74) is 7.21. The van der Waals surface area contributed by atoms with E-state index in [0.717, 1.165) is 11.1 Å². The minimum Gasteiger partial charge on any atom is -0.444 e. The molecule has 18 heavy (non-hydrogen) atoms. The lowest BCUT2D eigenvalue weighted by atomic mass is 10.1. The van der Waals surface area contributed by atoms with Gasteiger partial charge < -0.3 is 15.4 Å². The summed E-state index contributed by atoms with van der Waals surface area (Å²) in [4.78, 5) is 13.3. The molecule has 4 heteroatoms. The molecule has 0 aliphatic rings. The van der Waals surface area contributed by atoms with Gasteiger partial charge in [-0.3, -0.25) is 0 Å². The van der Waals surface area contributed by atoms with Crippen molar-refractivity contribution < 1.29 is 9.53 Å². The maximum Gasteiger partial charge on any atom is 0.410 e. The van der Waals surface area contributed by atoms with Crippen LogP contribution in [-0.4, -0.2) is 23.6 Å². The van der Waals surface area contributed by atoms with Gasteiger partial charge in [0.2, 0.25) is 0 Å². The van der Waals surface area contributed by atoms with Crippen molar-refractivity contribution in [3.8, 4) is 0 Å². The average molecular weight is 250 g/mol. The maximum atomic E-state index is 11.8. The number of hydrogen-bond acceptors (Lipinski definition) is 3. The number of benzene rings is 1. The Hall–Kier alpha value is -1.55. The first-order valence-electron chi connectivity index (χ1n) is 6.04. The van der Waals surface area contributed by atoms with Gasteiger partial charge >= 0.3 is 6.09 Å².